The van der Waals surface area contributed by atoms with Gasteiger partial charge in [0, 0.05) is 11.6 Å². The second-order valence-corrected chi connectivity index (χ2v) is 5.91. The molecule has 0 bridgehead atoms. The third-order valence-electron chi connectivity index (χ3n) is 3.22. The van der Waals surface area contributed by atoms with E-state index >= 15 is 0 Å². The van der Waals surface area contributed by atoms with Gasteiger partial charge in [0.15, 0.2) is 18.2 Å². The van der Waals surface area contributed by atoms with Crippen molar-refractivity contribution in [2.24, 2.45) is 7.05 Å². The zero-order chi connectivity index (χ0) is 14.0. The lowest BCUT2D eigenvalue weighted by Crippen LogP contribution is -2.27. The van der Waals surface area contributed by atoms with E-state index in [1.165, 1.54) is 5.56 Å². The molecule has 0 aliphatic carbocycles. The Morgan fingerprint density at radius 1 is 1.00 bits per heavy atom. The summed E-state index contributed by atoms with van der Waals surface area (Å²) in [6, 6.07) is 11.6. The molecule has 0 N–H and O–H groups in total. The summed E-state index contributed by atoms with van der Waals surface area (Å²) < 4.78 is 1.89. The van der Waals surface area contributed by atoms with Crippen LogP contribution in [0.25, 0.3) is 0 Å². The fourth-order valence-corrected chi connectivity index (χ4v) is 2.01. The second-order valence-electron chi connectivity index (χ2n) is 5.91. The molecule has 98 valence electrons. The summed E-state index contributed by atoms with van der Waals surface area (Å²) in [6.45, 7) is 6.50. The number of carbonyl (C=O) groups excluding carboxylic acids is 1. The second kappa shape index (κ2) is 4.96. The number of aromatic nitrogens is 1. The maximum atomic E-state index is 12.3. The average molecular weight is 254 g/mol. The van der Waals surface area contributed by atoms with Crippen LogP contribution in [-0.2, 0) is 12.5 Å². The lowest BCUT2D eigenvalue weighted by atomic mass is 9.86. The molecule has 2 aromatic rings. The molecule has 0 unspecified atom stereocenters. The first-order valence-electron chi connectivity index (χ1n) is 6.48. The molecule has 0 aliphatic rings. The fraction of sp³-hybridized carbons (Fsp3) is 0.294. The Labute approximate surface area is 114 Å². The van der Waals surface area contributed by atoms with Gasteiger partial charge in [0.05, 0.1) is 5.56 Å². The lowest BCUT2D eigenvalue weighted by molar-refractivity contribution is -0.671. The number of hydrogen-bond acceptors (Lipinski definition) is 1. The van der Waals surface area contributed by atoms with Crippen LogP contribution in [0.3, 0.4) is 0 Å². The predicted octanol–water partition coefficient (Wildman–Crippen LogP) is 3.04. The van der Waals surface area contributed by atoms with Gasteiger partial charge in [-0.05, 0) is 17.0 Å². The van der Waals surface area contributed by atoms with Gasteiger partial charge in [0.25, 0.3) is 0 Å². The van der Waals surface area contributed by atoms with Gasteiger partial charge in [0.2, 0.25) is 0 Å². The molecule has 0 saturated carbocycles. The molecule has 2 heteroatoms. The van der Waals surface area contributed by atoms with Crippen LogP contribution in [0.4, 0.5) is 0 Å². The van der Waals surface area contributed by atoms with Crippen LogP contribution in [0.1, 0.15) is 42.3 Å². The van der Waals surface area contributed by atoms with Crippen molar-refractivity contribution in [1.82, 2.24) is 0 Å². The van der Waals surface area contributed by atoms with Crippen LogP contribution in [0, 0.1) is 0 Å². The number of hydrogen-bond donors (Lipinski definition) is 0. The van der Waals surface area contributed by atoms with Crippen molar-refractivity contribution in [2.45, 2.75) is 26.2 Å². The molecule has 0 spiro atoms. The van der Waals surface area contributed by atoms with E-state index in [9.17, 15) is 4.79 Å². The number of benzene rings is 1. The van der Waals surface area contributed by atoms with Gasteiger partial charge >= 0.3 is 0 Å². The van der Waals surface area contributed by atoms with Crippen molar-refractivity contribution in [3.63, 3.8) is 0 Å². The van der Waals surface area contributed by atoms with E-state index in [0.29, 0.717) is 5.56 Å². The molecule has 0 fully saturated rings. The van der Waals surface area contributed by atoms with Gasteiger partial charge in [-0.2, -0.15) is 0 Å². The molecule has 19 heavy (non-hydrogen) atoms. The van der Waals surface area contributed by atoms with Gasteiger partial charge in [-0.25, -0.2) is 4.57 Å². The van der Waals surface area contributed by atoms with Crippen molar-refractivity contribution in [1.29, 1.82) is 0 Å². The maximum absolute atomic E-state index is 12.3. The lowest BCUT2D eigenvalue weighted by Gasteiger charge is -2.18. The maximum Gasteiger partial charge on any atom is 0.199 e. The topological polar surface area (TPSA) is 20.9 Å². The summed E-state index contributed by atoms with van der Waals surface area (Å²) >= 11 is 0. The first-order chi connectivity index (χ1) is 8.88. The Morgan fingerprint density at radius 2 is 1.63 bits per heavy atom. The van der Waals surface area contributed by atoms with Crippen molar-refractivity contribution < 1.29 is 9.36 Å². The molecule has 0 radical (unpaired) electrons. The van der Waals surface area contributed by atoms with Crippen molar-refractivity contribution in [3.05, 3.63) is 65.5 Å². The molecule has 1 heterocycles. The van der Waals surface area contributed by atoms with Gasteiger partial charge in [-0.3, -0.25) is 4.79 Å². The highest BCUT2D eigenvalue weighted by molar-refractivity contribution is 6.08. The largest absolute Gasteiger partial charge is 0.288 e. The Morgan fingerprint density at radius 3 is 2.16 bits per heavy atom. The minimum absolute atomic E-state index is 0.0664. The van der Waals surface area contributed by atoms with Crippen molar-refractivity contribution >= 4 is 5.78 Å². The van der Waals surface area contributed by atoms with E-state index < -0.39 is 0 Å². The molecule has 0 aliphatic heterocycles. The fourth-order valence-electron chi connectivity index (χ4n) is 2.01. The summed E-state index contributed by atoms with van der Waals surface area (Å²) in [4.78, 5) is 12.3. The van der Waals surface area contributed by atoms with Crippen LogP contribution in [-0.4, -0.2) is 5.78 Å². The van der Waals surface area contributed by atoms with Crippen molar-refractivity contribution in [2.75, 3.05) is 0 Å². The molecule has 0 atom stereocenters. The summed E-state index contributed by atoms with van der Waals surface area (Å²) in [6.07, 6.45) is 3.76. The van der Waals surface area contributed by atoms with Crippen LogP contribution < -0.4 is 4.57 Å². The number of carbonyl (C=O) groups is 1. The first-order valence-corrected chi connectivity index (χ1v) is 6.48. The molecular weight excluding hydrogens is 234 g/mol. The smallest absolute Gasteiger partial charge is 0.199 e. The number of rotatable bonds is 2. The van der Waals surface area contributed by atoms with E-state index in [0.717, 1.165) is 5.56 Å². The van der Waals surface area contributed by atoms with Crippen LogP contribution in [0.2, 0.25) is 0 Å². The summed E-state index contributed by atoms with van der Waals surface area (Å²) in [5.41, 5.74) is 2.80. The first kappa shape index (κ1) is 13.5. The minimum Gasteiger partial charge on any atom is -0.288 e. The predicted molar refractivity (Wildman–Crippen MR) is 76.2 cm³/mol. The molecule has 0 amide bonds. The molecule has 1 aromatic heterocycles. The Balaban J connectivity index is 2.30. The normalized spacial score (nSPS) is 11.4. The zero-order valence-electron chi connectivity index (χ0n) is 12.0. The Hall–Kier alpha value is -1.96. The highest BCUT2D eigenvalue weighted by atomic mass is 16.1. The summed E-state index contributed by atoms with van der Waals surface area (Å²) in [7, 11) is 1.92. The quantitative estimate of drug-likeness (QED) is 0.596. The third-order valence-corrected chi connectivity index (χ3v) is 3.22. The number of nitrogens with zero attached hydrogens (tertiary/aromatic N) is 1. The molecule has 2 nitrogen and oxygen atoms in total. The monoisotopic (exact) mass is 254 g/mol. The molecular formula is C17H20NO+. The molecule has 2 rings (SSSR count). The third kappa shape index (κ3) is 3.08. The van der Waals surface area contributed by atoms with Gasteiger partial charge in [-0.15, -0.1) is 0 Å². The van der Waals surface area contributed by atoms with E-state index in [1.807, 2.05) is 60.4 Å². The molecule has 1 aromatic carbocycles. The van der Waals surface area contributed by atoms with Gasteiger partial charge in [0.1, 0.15) is 7.05 Å². The number of aryl methyl sites for hydroxylation is 1. The van der Waals surface area contributed by atoms with Crippen LogP contribution in [0.5, 0.6) is 0 Å². The number of pyridine rings is 1. The standard InChI is InChI=1S/C17H20NO/c1-17(2,3)15-9-7-13(8-10-15)16(19)14-6-5-11-18(4)12-14/h5-12H,1-4H3/q+1. The average Bonchev–Trinajstić information content (AvgIpc) is 2.37. The highest BCUT2D eigenvalue weighted by Crippen LogP contribution is 2.22. The van der Waals surface area contributed by atoms with Crippen LogP contribution in [0.15, 0.2) is 48.8 Å². The van der Waals surface area contributed by atoms with Gasteiger partial charge in [-0.1, -0.05) is 45.0 Å². The van der Waals surface area contributed by atoms with E-state index in [2.05, 4.69) is 20.8 Å². The Bertz CT molecular complexity index is 591. The van der Waals surface area contributed by atoms with E-state index in [1.54, 1.807) is 0 Å². The van der Waals surface area contributed by atoms with E-state index in [4.69, 9.17) is 0 Å². The number of ketones is 1. The Kier molecular flexibility index (Phi) is 3.52. The molecule has 0 saturated heterocycles. The summed E-state index contributed by atoms with van der Waals surface area (Å²) in [5, 5.41) is 0. The highest BCUT2D eigenvalue weighted by Gasteiger charge is 2.16. The summed E-state index contributed by atoms with van der Waals surface area (Å²) in [5.74, 6) is 0.0664. The van der Waals surface area contributed by atoms with Gasteiger partial charge < -0.3 is 0 Å². The van der Waals surface area contributed by atoms with Crippen molar-refractivity contribution in [3.8, 4) is 0 Å². The van der Waals surface area contributed by atoms with E-state index in [-0.39, 0.29) is 11.2 Å². The zero-order valence-corrected chi connectivity index (χ0v) is 12.0. The minimum atomic E-state index is 0.0664. The SMILES string of the molecule is C[n+]1cccc(C(=O)c2ccc(C(C)(C)C)cc2)c1. The van der Waals surface area contributed by atoms with Crippen LogP contribution >= 0.6 is 0 Å².